The molecule has 0 aliphatic rings. The zero-order chi connectivity index (χ0) is 19.5. The summed E-state index contributed by atoms with van der Waals surface area (Å²) in [6.07, 6.45) is 0.872. The highest BCUT2D eigenvalue weighted by Gasteiger charge is 2.15. The molecule has 0 amide bonds. The van der Waals surface area contributed by atoms with Gasteiger partial charge < -0.3 is 4.74 Å². The SMILES string of the molecule is CCCn1c(SCc2nc3ccccc3n2-c2ccc(OC)cc2)n[nH]c1=O. The smallest absolute Gasteiger partial charge is 0.343 e. The average molecular weight is 395 g/mol. The van der Waals surface area contributed by atoms with Crippen LogP contribution in [0.2, 0.25) is 0 Å². The summed E-state index contributed by atoms with van der Waals surface area (Å²) in [5, 5.41) is 7.38. The molecule has 2 heterocycles. The van der Waals surface area contributed by atoms with E-state index in [4.69, 9.17) is 9.72 Å². The first-order valence-electron chi connectivity index (χ1n) is 9.10. The third-order valence-corrected chi connectivity index (χ3v) is 5.43. The van der Waals surface area contributed by atoms with Gasteiger partial charge in [-0.05, 0) is 42.8 Å². The van der Waals surface area contributed by atoms with Crippen LogP contribution in [0.3, 0.4) is 0 Å². The average Bonchev–Trinajstić information content (AvgIpc) is 3.27. The Morgan fingerprint density at radius 1 is 1.14 bits per heavy atom. The number of rotatable bonds is 7. The molecule has 0 aliphatic carbocycles. The summed E-state index contributed by atoms with van der Waals surface area (Å²) in [6.45, 7) is 2.68. The molecule has 0 unspecified atom stereocenters. The number of aromatic nitrogens is 5. The number of benzene rings is 2. The van der Waals surface area contributed by atoms with Gasteiger partial charge in [-0.15, -0.1) is 5.10 Å². The molecule has 4 aromatic rings. The van der Waals surface area contributed by atoms with Crippen LogP contribution in [0, 0.1) is 0 Å². The predicted octanol–water partition coefficient (Wildman–Crippen LogP) is 3.62. The number of methoxy groups -OCH3 is 1. The van der Waals surface area contributed by atoms with Crippen LogP contribution >= 0.6 is 11.8 Å². The molecule has 0 saturated carbocycles. The highest BCUT2D eigenvalue weighted by molar-refractivity contribution is 7.98. The third-order valence-electron chi connectivity index (χ3n) is 4.46. The van der Waals surface area contributed by atoms with Crippen LogP contribution < -0.4 is 10.4 Å². The van der Waals surface area contributed by atoms with Crippen LogP contribution in [0.15, 0.2) is 58.5 Å². The minimum absolute atomic E-state index is 0.173. The van der Waals surface area contributed by atoms with Gasteiger partial charge in [0.05, 0.1) is 23.9 Å². The molecule has 0 aliphatic heterocycles. The molecule has 0 fully saturated rings. The van der Waals surface area contributed by atoms with E-state index in [1.807, 2.05) is 49.4 Å². The first-order valence-corrected chi connectivity index (χ1v) is 10.1. The first-order chi connectivity index (χ1) is 13.7. The molecule has 0 saturated heterocycles. The fraction of sp³-hybridized carbons (Fsp3) is 0.250. The van der Waals surface area contributed by atoms with Gasteiger partial charge in [-0.1, -0.05) is 30.8 Å². The molecule has 0 bridgehead atoms. The fourth-order valence-electron chi connectivity index (χ4n) is 3.16. The number of hydrogen-bond acceptors (Lipinski definition) is 5. The van der Waals surface area contributed by atoms with Gasteiger partial charge in [0, 0.05) is 12.2 Å². The molecule has 1 N–H and O–H groups in total. The Kier molecular flexibility index (Phi) is 5.21. The fourth-order valence-corrected chi connectivity index (χ4v) is 4.05. The normalized spacial score (nSPS) is 11.2. The Hall–Kier alpha value is -3.00. The molecule has 7 nitrogen and oxygen atoms in total. The molecule has 0 radical (unpaired) electrons. The lowest BCUT2D eigenvalue weighted by Gasteiger charge is -2.10. The Bertz CT molecular complexity index is 1140. The number of ether oxygens (including phenoxy) is 1. The largest absolute Gasteiger partial charge is 0.497 e. The van der Waals surface area contributed by atoms with Crippen molar-refractivity contribution >= 4 is 22.8 Å². The van der Waals surface area contributed by atoms with Gasteiger partial charge in [0.1, 0.15) is 11.6 Å². The Labute approximate surface area is 166 Å². The van der Waals surface area contributed by atoms with Gasteiger partial charge >= 0.3 is 5.69 Å². The molecule has 0 atom stereocenters. The number of aromatic amines is 1. The second-order valence-corrected chi connectivity index (χ2v) is 7.24. The van der Waals surface area contributed by atoms with Crippen LogP contribution in [0.25, 0.3) is 16.7 Å². The Morgan fingerprint density at radius 3 is 2.68 bits per heavy atom. The van der Waals surface area contributed by atoms with E-state index in [-0.39, 0.29) is 5.69 Å². The lowest BCUT2D eigenvalue weighted by atomic mass is 10.2. The van der Waals surface area contributed by atoms with Gasteiger partial charge in [-0.3, -0.25) is 9.13 Å². The number of nitrogens with zero attached hydrogens (tertiary/aromatic N) is 4. The van der Waals surface area contributed by atoms with Crippen LogP contribution in [0.4, 0.5) is 0 Å². The lowest BCUT2D eigenvalue weighted by Crippen LogP contribution is -2.17. The van der Waals surface area contributed by atoms with Gasteiger partial charge in [-0.25, -0.2) is 14.9 Å². The summed E-state index contributed by atoms with van der Waals surface area (Å²) in [5.41, 5.74) is 2.81. The van der Waals surface area contributed by atoms with E-state index < -0.39 is 0 Å². The molecular formula is C20H21N5O2S. The summed E-state index contributed by atoms with van der Waals surface area (Å²) in [7, 11) is 1.66. The van der Waals surface area contributed by atoms with Gasteiger partial charge in [-0.2, -0.15) is 0 Å². The quantitative estimate of drug-likeness (QED) is 0.484. The van der Waals surface area contributed by atoms with Crippen molar-refractivity contribution in [1.29, 1.82) is 0 Å². The zero-order valence-corrected chi connectivity index (χ0v) is 16.6. The summed E-state index contributed by atoms with van der Waals surface area (Å²) in [4.78, 5) is 16.7. The number of thioether (sulfide) groups is 1. The number of para-hydroxylation sites is 2. The van der Waals surface area contributed by atoms with Crippen molar-refractivity contribution in [1.82, 2.24) is 24.3 Å². The second kappa shape index (κ2) is 7.93. The maximum absolute atomic E-state index is 11.9. The number of H-pyrrole nitrogens is 1. The summed E-state index contributed by atoms with van der Waals surface area (Å²) >= 11 is 1.51. The Balaban J connectivity index is 1.71. The zero-order valence-electron chi connectivity index (χ0n) is 15.8. The van der Waals surface area contributed by atoms with E-state index in [9.17, 15) is 4.79 Å². The van der Waals surface area contributed by atoms with Crippen molar-refractivity contribution in [3.05, 3.63) is 64.8 Å². The van der Waals surface area contributed by atoms with Gasteiger partial charge in [0.15, 0.2) is 5.16 Å². The van der Waals surface area contributed by atoms with Crippen molar-refractivity contribution in [3.8, 4) is 11.4 Å². The molecule has 2 aromatic carbocycles. The first kappa shape index (κ1) is 18.4. The van der Waals surface area contributed by atoms with Crippen LogP contribution in [-0.2, 0) is 12.3 Å². The molecule has 144 valence electrons. The van der Waals surface area contributed by atoms with E-state index in [1.54, 1.807) is 11.7 Å². The number of nitrogens with one attached hydrogen (secondary N) is 1. The summed E-state index contributed by atoms with van der Waals surface area (Å²) in [5.74, 6) is 2.30. The monoisotopic (exact) mass is 395 g/mol. The number of fused-ring (bicyclic) bond motifs is 1. The molecule has 8 heteroatoms. The molecule has 2 aromatic heterocycles. The van der Waals surface area contributed by atoms with Crippen LogP contribution in [0.5, 0.6) is 5.75 Å². The van der Waals surface area contributed by atoms with Crippen LogP contribution in [0.1, 0.15) is 19.2 Å². The van der Waals surface area contributed by atoms with E-state index in [0.29, 0.717) is 17.5 Å². The van der Waals surface area contributed by atoms with Gasteiger partial charge in [0.2, 0.25) is 0 Å². The topological polar surface area (TPSA) is 77.7 Å². The lowest BCUT2D eigenvalue weighted by molar-refractivity contribution is 0.414. The number of hydrogen-bond donors (Lipinski definition) is 1. The molecule has 28 heavy (non-hydrogen) atoms. The second-order valence-electron chi connectivity index (χ2n) is 6.30. The maximum atomic E-state index is 11.9. The predicted molar refractivity (Wildman–Crippen MR) is 110 cm³/mol. The molecular weight excluding hydrogens is 374 g/mol. The van der Waals surface area contributed by atoms with E-state index in [2.05, 4.69) is 20.8 Å². The number of imidazole rings is 1. The maximum Gasteiger partial charge on any atom is 0.343 e. The van der Waals surface area contributed by atoms with E-state index >= 15 is 0 Å². The van der Waals surface area contributed by atoms with Crippen molar-refractivity contribution < 1.29 is 4.74 Å². The minimum Gasteiger partial charge on any atom is -0.497 e. The summed E-state index contributed by atoms with van der Waals surface area (Å²) < 4.78 is 9.08. The molecule has 0 spiro atoms. The highest BCUT2D eigenvalue weighted by atomic mass is 32.2. The molecule has 4 rings (SSSR count). The standard InChI is InChI=1S/C20H21N5O2S/c1-3-12-24-19(26)22-23-20(24)28-13-18-21-16-6-4-5-7-17(16)25(18)14-8-10-15(27-2)11-9-14/h4-11H,3,12-13H2,1-2H3,(H,22,26). The minimum atomic E-state index is -0.173. The third kappa shape index (κ3) is 3.43. The van der Waals surface area contributed by atoms with Crippen molar-refractivity contribution in [2.75, 3.05) is 7.11 Å². The van der Waals surface area contributed by atoms with Crippen molar-refractivity contribution in [3.63, 3.8) is 0 Å². The van der Waals surface area contributed by atoms with E-state index in [0.717, 1.165) is 34.7 Å². The van der Waals surface area contributed by atoms with Gasteiger partial charge in [0.25, 0.3) is 0 Å². The van der Waals surface area contributed by atoms with Crippen molar-refractivity contribution in [2.45, 2.75) is 30.8 Å². The van der Waals surface area contributed by atoms with Crippen LogP contribution in [-0.4, -0.2) is 31.4 Å². The Morgan fingerprint density at radius 2 is 1.93 bits per heavy atom. The highest BCUT2D eigenvalue weighted by Crippen LogP contribution is 2.27. The summed E-state index contributed by atoms with van der Waals surface area (Å²) in [6, 6.07) is 16.0. The van der Waals surface area contributed by atoms with E-state index in [1.165, 1.54) is 11.8 Å². The van der Waals surface area contributed by atoms with Crippen molar-refractivity contribution in [2.24, 2.45) is 0 Å².